The molecule has 27 heavy (non-hydrogen) atoms. The SMILES string of the molecule is CNC(=O)Cc1ccc(CCCCc2cccc(N3CCOCC3)c2)cc1. The van der Waals surface area contributed by atoms with Gasteiger partial charge in [0, 0.05) is 25.8 Å². The van der Waals surface area contributed by atoms with Gasteiger partial charge in [0.15, 0.2) is 0 Å². The lowest BCUT2D eigenvalue weighted by molar-refractivity contribution is -0.119. The number of nitrogens with one attached hydrogen (secondary N) is 1. The van der Waals surface area contributed by atoms with Gasteiger partial charge in [-0.05, 0) is 54.5 Å². The number of hydrogen-bond acceptors (Lipinski definition) is 3. The van der Waals surface area contributed by atoms with Crippen LogP contribution < -0.4 is 10.2 Å². The van der Waals surface area contributed by atoms with Crippen molar-refractivity contribution < 1.29 is 9.53 Å². The molecule has 0 aliphatic carbocycles. The molecule has 4 heteroatoms. The maximum absolute atomic E-state index is 11.4. The Hall–Kier alpha value is -2.33. The van der Waals surface area contributed by atoms with Crippen LogP contribution in [0.25, 0.3) is 0 Å². The second kappa shape index (κ2) is 10.1. The van der Waals surface area contributed by atoms with E-state index in [1.807, 2.05) is 0 Å². The third-order valence-electron chi connectivity index (χ3n) is 5.13. The van der Waals surface area contributed by atoms with E-state index >= 15 is 0 Å². The van der Waals surface area contributed by atoms with Gasteiger partial charge in [0.05, 0.1) is 19.6 Å². The highest BCUT2D eigenvalue weighted by Gasteiger charge is 2.11. The summed E-state index contributed by atoms with van der Waals surface area (Å²) in [6.07, 6.45) is 5.02. The highest BCUT2D eigenvalue weighted by molar-refractivity contribution is 5.78. The molecule has 1 amide bonds. The molecule has 0 aromatic heterocycles. The van der Waals surface area contributed by atoms with Crippen LogP contribution in [-0.4, -0.2) is 39.3 Å². The fourth-order valence-electron chi connectivity index (χ4n) is 3.49. The molecule has 0 bridgehead atoms. The predicted molar refractivity (Wildman–Crippen MR) is 110 cm³/mol. The van der Waals surface area contributed by atoms with Crippen molar-refractivity contribution in [2.24, 2.45) is 0 Å². The van der Waals surface area contributed by atoms with Gasteiger partial charge in [-0.15, -0.1) is 0 Å². The summed E-state index contributed by atoms with van der Waals surface area (Å²) < 4.78 is 5.44. The summed E-state index contributed by atoms with van der Waals surface area (Å²) in [4.78, 5) is 13.8. The number of carbonyl (C=O) groups excluding carboxylic acids is 1. The molecule has 144 valence electrons. The van der Waals surface area contributed by atoms with Gasteiger partial charge in [0.25, 0.3) is 0 Å². The minimum atomic E-state index is 0.0575. The summed E-state index contributed by atoms with van der Waals surface area (Å²) in [6, 6.07) is 17.4. The van der Waals surface area contributed by atoms with Crippen LogP contribution in [0.1, 0.15) is 29.5 Å². The molecule has 1 fully saturated rings. The van der Waals surface area contributed by atoms with Crippen molar-refractivity contribution in [3.8, 4) is 0 Å². The minimum absolute atomic E-state index is 0.0575. The zero-order valence-electron chi connectivity index (χ0n) is 16.2. The van der Waals surface area contributed by atoms with E-state index in [1.165, 1.54) is 29.7 Å². The largest absolute Gasteiger partial charge is 0.378 e. The molecule has 4 nitrogen and oxygen atoms in total. The van der Waals surface area contributed by atoms with Crippen LogP contribution in [0, 0.1) is 0 Å². The second-order valence-electron chi connectivity index (χ2n) is 7.14. The van der Waals surface area contributed by atoms with E-state index in [-0.39, 0.29) is 5.91 Å². The first kappa shape index (κ1) is 19.4. The summed E-state index contributed by atoms with van der Waals surface area (Å²) in [5.74, 6) is 0.0575. The monoisotopic (exact) mass is 366 g/mol. The number of hydrogen-bond donors (Lipinski definition) is 1. The number of anilines is 1. The molecule has 1 aliphatic heterocycles. The van der Waals surface area contributed by atoms with Crippen LogP contribution in [0.4, 0.5) is 5.69 Å². The van der Waals surface area contributed by atoms with Crippen molar-refractivity contribution in [2.75, 3.05) is 38.3 Å². The zero-order valence-corrected chi connectivity index (χ0v) is 16.2. The topological polar surface area (TPSA) is 41.6 Å². The Morgan fingerprint density at radius 1 is 0.963 bits per heavy atom. The number of benzene rings is 2. The van der Waals surface area contributed by atoms with Crippen LogP contribution >= 0.6 is 0 Å². The van der Waals surface area contributed by atoms with Crippen molar-refractivity contribution >= 4 is 11.6 Å². The number of carbonyl (C=O) groups is 1. The Kier molecular flexibility index (Phi) is 7.28. The number of nitrogens with zero attached hydrogens (tertiary/aromatic N) is 1. The maximum atomic E-state index is 11.4. The van der Waals surface area contributed by atoms with E-state index in [1.54, 1.807) is 7.05 Å². The molecule has 1 heterocycles. The van der Waals surface area contributed by atoms with Gasteiger partial charge in [-0.3, -0.25) is 4.79 Å². The molecule has 0 saturated carbocycles. The number of aryl methyl sites for hydroxylation is 2. The number of likely N-dealkylation sites (N-methyl/N-ethyl adjacent to an activating group) is 1. The lowest BCUT2D eigenvalue weighted by atomic mass is 10.0. The molecule has 1 saturated heterocycles. The number of ether oxygens (including phenoxy) is 1. The summed E-state index contributed by atoms with van der Waals surface area (Å²) in [5.41, 5.74) is 5.15. The molecular weight excluding hydrogens is 336 g/mol. The van der Waals surface area contributed by atoms with E-state index < -0.39 is 0 Å². The van der Waals surface area contributed by atoms with Gasteiger partial charge < -0.3 is 15.0 Å². The maximum Gasteiger partial charge on any atom is 0.224 e. The molecule has 1 aliphatic rings. The molecule has 2 aromatic carbocycles. The highest BCUT2D eigenvalue weighted by atomic mass is 16.5. The summed E-state index contributed by atoms with van der Waals surface area (Å²) in [7, 11) is 1.67. The van der Waals surface area contributed by atoms with Crippen molar-refractivity contribution in [3.05, 3.63) is 65.2 Å². The Morgan fingerprint density at radius 3 is 2.33 bits per heavy atom. The standard InChI is InChI=1S/C23H30N2O2/c1-24-23(26)18-21-11-9-19(10-12-21)5-2-3-6-20-7-4-8-22(17-20)25-13-15-27-16-14-25/h4,7-12,17H,2-3,5-6,13-16,18H2,1H3,(H,24,26). The van der Waals surface area contributed by atoms with Gasteiger partial charge in [0.2, 0.25) is 5.91 Å². The van der Waals surface area contributed by atoms with Crippen molar-refractivity contribution in [2.45, 2.75) is 32.1 Å². The molecule has 0 spiro atoms. The fourth-order valence-corrected chi connectivity index (χ4v) is 3.49. The minimum Gasteiger partial charge on any atom is -0.378 e. The van der Waals surface area contributed by atoms with Crippen LogP contribution in [0.3, 0.4) is 0 Å². The normalized spacial score (nSPS) is 14.2. The average Bonchev–Trinajstić information content (AvgIpc) is 2.73. The molecule has 3 rings (SSSR count). The fraction of sp³-hybridized carbons (Fsp3) is 0.435. The number of amides is 1. The van der Waals surface area contributed by atoms with Crippen LogP contribution in [0.5, 0.6) is 0 Å². The van der Waals surface area contributed by atoms with Gasteiger partial charge in [-0.1, -0.05) is 36.4 Å². The van der Waals surface area contributed by atoms with Gasteiger partial charge in [-0.2, -0.15) is 0 Å². The summed E-state index contributed by atoms with van der Waals surface area (Å²) >= 11 is 0. The van der Waals surface area contributed by atoms with E-state index in [4.69, 9.17) is 4.74 Å². The van der Waals surface area contributed by atoms with Crippen LogP contribution in [0.15, 0.2) is 48.5 Å². The number of morpholine rings is 1. The lowest BCUT2D eigenvalue weighted by Gasteiger charge is -2.29. The Morgan fingerprint density at radius 2 is 1.63 bits per heavy atom. The predicted octanol–water partition coefficient (Wildman–Crippen LogP) is 3.38. The Labute approximate surface area is 162 Å². The van der Waals surface area contributed by atoms with E-state index in [9.17, 15) is 4.79 Å². The summed E-state index contributed by atoms with van der Waals surface area (Å²) in [6.45, 7) is 3.62. The van der Waals surface area contributed by atoms with E-state index in [0.29, 0.717) is 6.42 Å². The zero-order chi connectivity index (χ0) is 18.9. The first-order chi connectivity index (χ1) is 13.2. The van der Waals surface area contributed by atoms with Crippen molar-refractivity contribution in [3.63, 3.8) is 0 Å². The summed E-state index contributed by atoms with van der Waals surface area (Å²) in [5, 5.41) is 2.66. The van der Waals surface area contributed by atoms with E-state index in [0.717, 1.165) is 44.7 Å². The average molecular weight is 367 g/mol. The quantitative estimate of drug-likeness (QED) is 0.728. The Bertz CT molecular complexity index is 721. The third kappa shape index (κ3) is 6.10. The highest BCUT2D eigenvalue weighted by Crippen LogP contribution is 2.19. The smallest absolute Gasteiger partial charge is 0.224 e. The molecule has 0 atom stereocenters. The number of unbranched alkanes of at least 4 members (excludes halogenated alkanes) is 1. The first-order valence-corrected chi connectivity index (χ1v) is 9.94. The van der Waals surface area contributed by atoms with E-state index in [2.05, 4.69) is 58.7 Å². The molecule has 0 radical (unpaired) electrons. The first-order valence-electron chi connectivity index (χ1n) is 9.94. The second-order valence-corrected chi connectivity index (χ2v) is 7.14. The third-order valence-corrected chi connectivity index (χ3v) is 5.13. The van der Waals surface area contributed by atoms with Crippen LogP contribution in [0.2, 0.25) is 0 Å². The number of rotatable bonds is 8. The van der Waals surface area contributed by atoms with Gasteiger partial charge >= 0.3 is 0 Å². The van der Waals surface area contributed by atoms with Crippen LogP contribution in [-0.2, 0) is 28.8 Å². The molecular formula is C23H30N2O2. The molecule has 0 unspecified atom stereocenters. The molecule has 1 N–H and O–H groups in total. The van der Waals surface area contributed by atoms with Gasteiger partial charge in [0.1, 0.15) is 0 Å². The molecule has 2 aromatic rings. The van der Waals surface area contributed by atoms with Crippen molar-refractivity contribution in [1.29, 1.82) is 0 Å². The Balaban J connectivity index is 1.43. The van der Waals surface area contributed by atoms with Crippen molar-refractivity contribution in [1.82, 2.24) is 5.32 Å². The van der Waals surface area contributed by atoms with Gasteiger partial charge in [-0.25, -0.2) is 0 Å². The lowest BCUT2D eigenvalue weighted by Crippen LogP contribution is -2.36.